The van der Waals surface area contributed by atoms with Crippen LogP contribution in [0.15, 0.2) is 48.9 Å². The number of fused-ring (bicyclic) bond motifs is 1. The van der Waals surface area contributed by atoms with Crippen LogP contribution in [-0.4, -0.2) is 26.4 Å². The zero-order valence-electron chi connectivity index (χ0n) is 13.6. The van der Waals surface area contributed by atoms with Gasteiger partial charge >= 0.3 is 0 Å². The molecule has 3 heterocycles. The Morgan fingerprint density at radius 2 is 1.96 bits per heavy atom. The van der Waals surface area contributed by atoms with Crippen molar-refractivity contribution < 1.29 is 4.39 Å². The molecule has 0 unspecified atom stereocenters. The molecule has 0 bridgehead atoms. The van der Waals surface area contributed by atoms with Gasteiger partial charge in [0.25, 0.3) is 0 Å². The van der Waals surface area contributed by atoms with Crippen molar-refractivity contribution in [3.05, 3.63) is 76.3 Å². The van der Waals surface area contributed by atoms with Crippen molar-refractivity contribution in [3.8, 4) is 11.1 Å². The number of rotatable bonds is 3. The third-order valence-corrected chi connectivity index (χ3v) is 4.64. The lowest BCUT2D eigenvalue weighted by Crippen LogP contribution is -2.30. The summed E-state index contributed by atoms with van der Waals surface area (Å²) in [5.41, 5.74) is 5.50. The minimum atomic E-state index is -0.229. The summed E-state index contributed by atoms with van der Waals surface area (Å²) in [5, 5.41) is 0. The summed E-state index contributed by atoms with van der Waals surface area (Å²) in [4.78, 5) is 14.1. The van der Waals surface area contributed by atoms with Gasteiger partial charge < -0.3 is 4.98 Å². The van der Waals surface area contributed by atoms with Crippen LogP contribution in [0.3, 0.4) is 0 Å². The molecule has 0 saturated carbocycles. The van der Waals surface area contributed by atoms with E-state index >= 15 is 0 Å². The number of benzene rings is 1. The highest BCUT2D eigenvalue weighted by Crippen LogP contribution is 2.22. The van der Waals surface area contributed by atoms with Crippen molar-refractivity contribution in [2.75, 3.05) is 6.54 Å². The number of nitrogens with zero attached hydrogens (tertiary/aromatic N) is 3. The van der Waals surface area contributed by atoms with Crippen LogP contribution in [0.5, 0.6) is 0 Å². The van der Waals surface area contributed by atoms with Crippen molar-refractivity contribution >= 4 is 12.2 Å². The summed E-state index contributed by atoms with van der Waals surface area (Å²) in [7, 11) is 0. The summed E-state index contributed by atoms with van der Waals surface area (Å²) in [6.45, 7) is 2.62. The average molecular weight is 352 g/mol. The van der Waals surface area contributed by atoms with Crippen LogP contribution in [0.4, 0.5) is 4.39 Å². The Morgan fingerprint density at radius 3 is 2.80 bits per heavy atom. The normalized spacial score (nSPS) is 14.3. The summed E-state index contributed by atoms with van der Waals surface area (Å²) < 4.78 is 13.6. The Morgan fingerprint density at radius 1 is 1.12 bits per heavy atom. The molecule has 0 amide bonds. The first-order chi connectivity index (χ1) is 12.2. The number of aromatic amines is 1. The molecule has 3 aromatic rings. The first-order valence-corrected chi connectivity index (χ1v) is 8.57. The van der Waals surface area contributed by atoms with Crippen LogP contribution in [0, 0.1) is 10.6 Å². The number of hydrogen-bond acceptors (Lipinski definition) is 4. The molecule has 6 heteroatoms. The monoisotopic (exact) mass is 352 g/mol. The van der Waals surface area contributed by atoms with E-state index in [1.165, 1.54) is 23.4 Å². The van der Waals surface area contributed by atoms with Crippen LogP contribution in [0.1, 0.15) is 16.8 Å². The van der Waals surface area contributed by atoms with Crippen LogP contribution < -0.4 is 0 Å². The summed E-state index contributed by atoms with van der Waals surface area (Å²) in [6, 6.07) is 8.62. The highest BCUT2D eigenvalue weighted by molar-refractivity contribution is 7.71. The quantitative estimate of drug-likeness (QED) is 0.726. The third kappa shape index (κ3) is 3.65. The van der Waals surface area contributed by atoms with E-state index < -0.39 is 0 Å². The van der Waals surface area contributed by atoms with E-state index in [9.17, 15) is 4.39 Å². The molecule has 2 aromatic heterocycles. The van der Waals surface area contributed by atoms with Gasteiger partial charge in [0, 0.05) is 61.5 Å². The molecule has 1 aliphatic rings. The van der Waals surface area contributed by atoms with Gasteiger partial charge in [-0.2, -0.15) is 0 Å². The molecule has 1 N–H and O–H groups in total. The van der Waals surface area contributed by atoms with Gasteiger partial charge in [-0.1, -0.05) is 12.1 Å². The maximum atomic E-state index is 13.1. The van der Waals surface area contributed by atoms with Gasteiger partial charge in [-0.05, 0) is 41.5 Å². The second-order valence-corrected chi connectivity index (χ2v) is 6.63. The Labute approximate surface area is 150 Å². The zero-order chi connectivity index (χ0) is 17.2. The number of nitrogens with one attached hydrogen (secondary N) is 1. The Bertz CT molecular complexity index is 952. The van der Waals surface area contributed by atoms with E-state index in [-0.39, 0.29) is 5.82 Å². The van der Waals surface area contributed by atoms with Crippen LogP contribution in [0.2, 0.25) is 0 Å². The fourth-order valence-corrected chi connectivity index (χ4v) is 3.35. The largest absolute Gasteiger partial charge is 0.334 e. The predicted octanol–water partition coefficient (Wildman–Crippen LogP) is 3.90. The molecule has 0 atom stereocenters. The van der Waals surface area contributed by atoms with Crippen molar-refractivity contribution in [3.63, 3.8) is 0 Å². The topological polar surface area (TPSA) is 44.8 Å². The smallest absolute Gasteiger partial charge is 0.196 e. The SMILES string of the molecule is Fc1ccc(-c2cncc(CN3CCc4[nH]c(=S)ncc4C3)c2)cc1. The number of H-pyrrole nitrogens is 1. The molecule has 0 spiro atoms. The standard InChI is InChI=1S/C19H17FN4S/c20-17-3-1-14(2-4-17)15-7-13(8-21-9-15)11-24-6-5-18-16(12-24)10-22-19(25)23-18/h1-4,7-10H,5-6,11-12H2,(H,22,23,25). The molecule has 4 rings (SSSR count). The molecule has 0 radical (unpaired) electrons. The minimum Gasteiger partial charge on any atom is -0.334 e. The second kappa shape index (κ2) is 6.82. The van der Waals surface area contributed by atoms with Gasteiger partial charge in [0.15, 0.2) is 4.77 Å². The van der Waals surface area contributed by atoms with E-state index in [2.05, 4.69) is 25.9 Å². The lowest BCUT2D eigenvalue weighted by molar-refractivity contribution is 0.242. The molecule has 4 nitrogen and oxygen atoms in total. The van der Waals surface area contributed by atoms with Gasteiger partial charge in [-0.3, -0.25) is 9.88 Å². The first kappa shape index (κ1) is 16.1. The fourth-order valence-electron chi connectivity index (χ4n) is 3.17. The Hall–Kier alpha value is -2.44. The Kier molecular flexibility index (Phi) is 4.38. The van der Waals surface area contributed by atoms with Crippen molar-refractivity contribution in [2.24, 2.45) is 0 Å². The fraction of sp³-hybridized carbons (Fsp3) is 0.211. The maximum absolute atomic E-state index is 13.1. The van der Waals surface area contributed by atoms with Gasteiger partial charge in [0.05, 0.1) is 0 Å². The molecule has 0 fully saturated rings. The van der Waals surface area contributed by atoms with Gasteiger partial charge in [-0.25, -0.2) is 9.37 Å². The maximum Gasteiger partial charge on any atom is 0.196 e. The lowest BCUT2D eigenvalue weighted by Gasteiger charge is -2.28. The van der Waals surface area contributed by atoms with E-state index in [1.807, 2.05) is 18.6 Å². The molecule has 1 aliphatic heterocycles. The zero-order valence-corrected chi connectivity index (χ0v) is 14.4. The molecule has 0 aliphatic carbocycles. The third-order valence-electron chi connectivity index (χ3n) is 4.43. The number of aromatic nitrogens is 3. The molecular formula is C19H17FN4S. The summed E-state index contributed by atoms with van der Waals surface area (Å²) >= 11 is 5.09. The molecular weight excluding hydrogens is 335 g/mol. The van der Waals surface area contributed by atoms with E-state index in [1.54, 1.807) is 12.1 Å². The van der Waals surface area contributed by atoms with Crippen LogP contribution >= 0.6 is 12.2 Å². The first-order valence-electron chi connectivity index (χ1n) is 8.17. The molecule has 25 heavy (non-hydrogen) atoms. The van der Waals surface area contributed by atoms with Gasteiger partial charge in [0.2, 0.25) is 0 Å². The van der Waals surface area contributed by atoms with Crippen LogP contribution in [0.25, 0.3) is 11.1 Å². The van der Waals surface area contributed by atoms with E-state index in [4.69, 9.17) is 12.2 Å². The van der Waals surface area contributed by atoms with Crippen molar-refractivity contribution in [1.82, 2.24) is 19.9 Å². The predicted molar refractivity (Wildman–Crippen MR) is 96.9 cm³/mol. The minimum absolute atomic E-state index is 0.229. The number of halogens is 1. The van der Waals surface area contributed by atoms with Crippen LogP contribution in [-0.2, 0) is 19.5 Å². The molecule has 0 saturated heterocycles. The summed E-state index contributed by atoms with van der Waals surface area (Å²) in [6.07, 6.45) is 6.51. The summed E-state index contributed by atoms with van der Waals surface area (Å²) in [5.74, 6) is -0.229. The van der Waals surface area contributed by atoms with Gasteiger partial charge in [-0.15, -0.1) is 0 Å². The highest BCUT2D eigenvalue weighted by Gasteiger charge is 2.17. The van der Waals surface area contributed by atoms with Crippen molar-refractivity contribution in [1.29, 1.82) is 0 Å². The Balaban J connectivity index is 1.52. The highest BCUT2D eigenvalue weighted by atomic mass is 32.1. The second-order valence-electron chi connectivity index (χ2n) is 6.24. The van der Waals surface area contributed by atoms with E-state index in [0.29, 0.717) is 4.77 Å². The lowest BCUT2D eigenvalue weighted by atomic mass is 10.0. The molecule has 126 valence electrons. The van der Waals surface area contributed by atoms with Crippen molar-refractivity contribution in [2.45, 2.75) is 19.5 Å². The average Bonchev–Trinajstić information content (AvgIpc) is 2.63. The number of pyridine rings is 1. The van der Waals surface area contributed by atoms with Gasteiger partial charge in [0.1, 0.15) is 5.82 Å². The molecule has 1 aromatic carbocycles. The van der Waals surface area contributed by atoms with E-state index in [0.717, 1.165) is 42.7 Å². The number of hydrogen-bond donors (Lipinski definition) is 1.